The first-order valence-corrected chi connectivity index (χ1v) is 11.3. The van der Waals surface area contributed by atoms with Gasteiger partial charge < -0.3 is 9.14 Å². The molecule has 0 radical (unpaired) electrons. The lowest BCUT2D eigenvalue weighted by Crippen LogP contribution is -2.13. The minimum atomic E-state index is -3.75. The monoisotopic (exact) mass is 519 g/mol. The van der Waals surface area contributed by atoms with E-state index in [9.17, 15) is 8.42 Å². The van der Waals surface area contributed by atoms with Crippen LogP contribution in [0.1, 0.15) is 5.56 Å². The van der Waals surface area contributed by atoms with Gasteiger partial charge in [-0.2, -0.15) is 0 Å². The van der Waals surface area contributed by atoms with Gasteiger partial charge in [0.15, 0.2) is 0 Å². The molecule has 2 heterocycles. The van der Waals surface area contributed by atoms with Crippen molar-refractivity contribution in [1.29, 1.82) is 0 Å². The van der Waals surface area contributed by atoms with Crippen LogP contribution >= 0.6 is 22.6 Å². The number of aryl methyl sites for hydroxylation is 1. The number of benzene rings is 2. The van der Waals surface area contributed by atoms with Gasteiger partial charge in [-0.15, -0.1) is 0 Å². The molecule has 6 nitrogen and oxygen atoms in total. The standard InChI is InChI=1S/C21H18IN3O3S/c1-14-9-10-25-13-19(23-21(25)11-14)15-3-8-20(28-2)18(12-15)24-29(26,27)17-6-4-16(22)5-7-17/h3-13,24H,1-2H3. The van der Waals surface area contributed by atoms with Crippen molar-refractivity contribution in [1.82, 2.24) is 9.38 Å². The number of anilines is 1. The molecule has 0 atom stereocenters. The molecule has 0 fully saturated rings. The molecule has 148 valence electrons. The number of rotatable bonds is 5. The number of halogens is 1. The number of hydrogen-bond donors (Lipinski definition) is 1. The Morgan fingerprint density at radius 1 is 1.07 bits per heavy atom. The molecule has 0 bridgehead atoms. The minimum absolute atomic E-state index is 0.188. The largest absolute Gasteiger partial charge is 0.495 e. The first-order chi connectivity index (χ1) is 13.9. The van der Waals surface area contributed by atoms with Crippen LogP contribution in [0, 0.1) is 10.5 Å². The van der Waals surface area contributed by atoms with E-state index in [1.807, 2.05) is 41.9 Å². The number of imidazole rings is 1. The van der Waals surface area contributed by atoms with Gasteiger partial charge in [-0.3, -0.25) is 4.72 Å². The molecule has 0 aliphatic rings. The van der Waals surface area contributed by atoms with E-state index in [2.05, 4.69) is 32.3 Å². The van der Waals surface area contributed by atoms with Gasteiger partial charge in [0, 0.05) is 21.5 Å². The van der Waals surface area contributed by atoms with Crippen LogP contribution in [0.3, 0.4) is 0 Å². The van der Waals surface area contributed by atoms with Crippen LogP contribution in [0.5, 0.6) is 5.75 Å². The molecule has 29 heavy (non-hydrogen) atoms. The predicted octanol–water partition coefficient (Wildman–Crippen LogP) is 4.72. The summed E-state index contributed by atoms with van der Waals surface area (Å²) < 4.78 is 36.5. The summed E-state index contributed by atoms with van der Waals surface area (Å²) in [4.78, 5) is 4.84. The summed E-state index contributed by atoms with van der Waals surface area (Å²) in [5, 5.41) is 0. The third-order valence-corrected chi connectivity index (χ3v) is 6.58. The maximum atomic E-state index is 12.8. The second-order valence-electron chi connectivity index (χ2n) is 6.57. The number of nitrogens with one attached hydrogen (secondary N) is 1. The summed E-state index contributed by atoms with van der Waals surface area (Å²) in [5.41, 5.74) is 3.84. The van der Waals surface area contributed by atoms with E-state index in [1.54, 1.807) is 36.4 Å². The van der Waals surface area contributed by atoms with Gasteiger partial charge >= 0.3 is 0 Å². The number of fused-ring (bicyclic) bond motifs is 1. The van der Waals surface area contributed by atoms with Crippen molar-refractivity contribution in [2.45, 2.75) is 11.8 Å². The lowest BCUT2D eigenvalue weighted by atomic mass is 10.1. The highest BCUT2D eigenvalue weighted by Gasteiger charge is 2.18. The van der Waals surface area contributed by atoms with Gasteiger partial charge in [-0.1, -0.05) is 0 Å². The highest BCUT2D eigenvalue weighted by Crippen LogP contribution is 2.32. The quantitative estimate of drug-likeness (QED) is 0.388. The molecule has 0 spiro atoms. The third-order valence-electron chi connectivity index (χ3n) is 4.48. The van der Waals surface area contributed by atoms with Crippen molar-refractivity contribution in [3.05, 3.63) is 76.1 Å². The fourth-order valence-corrected chi connectivity index (χ4v) is 4.41. The Balaban J connectivity index is 1.74. The Bertz CT molecular complexity index is 1300. The zero-order valence-corrected chi connectivity index (χ0v) is 18.7. The van der Waals surface area contributed by atoms with Gasteiger partial charge in [0.1, 0.15) is 11.4 Å². The molecular formula is C21H18IN3O3S. The summed E-state index contributed by atoms with van der Waals surface area (Å²) in [7, 11) is -2.25. The topological polar surface area (TPSA) is 72.7 Å². The summed E-state index contributed by atoms with van der Waals surface area (Å²) in [5.74, 6) is 0.433. The number of nitrogens with zero attached hydrogens (tertiary/aromatic N) is 2. The van der Waals surface area contributed by atoms with E-state index >= 15 is 0 Å². The molecule has 0 unspecified atom stereocenters. The molecule has 0 aliphatic heterocycles. The first-order valence-electron chi connectivity index (χ1n) is 8.78. The molecule has 0 amide bonds. The van der Waals surface area contributed by atoms with Gasteiger partial charge in [0.2, 0.25) is 0 Å². The van der Waals surface area contributed by atoms with Gasteiger partial charge in [0.05, 0.1) is 23.4 Å². The fourth-order valence-electron chi connectivity index (χ4n) is 2.99. The van der Waals surface area contributed by atoms with Crippen molar-refractivity contribution in [3.8, 4) is 17.0 Å². The smallest absolute Gasteiger partial charge is 0.262 e. The van der Waals surface area contributed by atoms with Gasteiger partial charge in [0.25, 0.3) is 10.0 Å². The van der Waals surface area contributed by atoms with E-state index in [-0.39, 0.29) is 4.90 Å². The lowest BCUT2D eigenvalue weighted by molar-refractivity contribution is 0.417. The van der Waals surface area contributed by atoms with Crippen LogP contribution in [0.4, 0.5) is 5.69 Å². The summed E-state index contributed by atoms with van der Waals surface area (Å²) >= 11 is 2.13. The average molecular weight is 519 g/mol. The van der Waals surface area contributed by atoms with Crippen molar-refractivity contribution in [2.24, 2.45) is 0 Å². The van der Waals surface area contributed by atoms with E-state index < -0.39 is 10.0 Å². The van der Waals surface area contributed by atoms with Crippen molar-refractivity contribution < 1.29 is 13.2 Å². The zero-order chi connectivity index (χ0) is 20.6. The Hall–Kier alpha value is -2.59. The van der Waals surface area contributed by atoms with E-state index in [4.69, 9.17) is 4.74 Å². The second kappa shape index (κ2) is 7.68. The maximum Gasteiger partial charge on any atom is 0.262 e. The lowest BCUT2D eigenvalue weighted by Gasteiger charge is -2.13. The Morgan fingerprint density at radius 2 is 1.83 bits per heavy atom. The van der Waals surface area contributed by atoms with Crippen LogP contribution in [0.15, 0.2) is 71.9 Å². The number of pyridine rings is 1. The Morgan fingerprint density at radius 3 is 2.55 bits per heavy atom. The number of methoxy groups -OCH3 is 1. The van der Waals surface area contributed by atoms with E-state index in [0.29, 0.717) is 11.4 Å². The molecular weight excluding hydrogens is 501 g/mol. The van der Waals surface area contributed by atoms with E-state index in [0.717, 1.165) is 26.0 Å². The molecule has 2 aromatic heterocycles. The normalized spacial score (nSPS) is 11.6. The molecule has 1 N–H and O–H groups in total. The van der Waals surface area contributed by atoms with Crippen LogP contribution in [-0.2, 0) is 10.0 Å². The highest BCUT2D eigenvalue weighted by molar-refractivity contribution is 14.1. The van der Waals surface area contributed by atoms with Gasteiger partial charge in [-0.05, 0) is 89.7 Å². The molecule has 2 aromatic carbocycles. The molecule has 0 saturated heterocycles. The van der Waals surface area contributed by atoms with Crippen molar-refractivity contribution in [2.75, 3.05) is 11.8 Å². The maximum absolute atomic E-state index is 12.8. The summed E-state index contributed by atoms with van der Waals surface area (Å²) in [6.45, 7) is 2.01. The molecule has 4 rings (SSSR count). The second-order valence-corrected chi connectivity index (χ2v) is 9.50. The first kappa shape index (κ1) is 19.7. The van der Waals surface area contributed by atoms with Gasteiger partial charge in [-0.25, -0.2) is 13.4 Å². The number of aromatic nitrogens is 2. The summed E-state index contributed by atoms with van der Waals surface area (Å²) in [6.07, 6.45) is 3.86. The molecule has 0 aliphatic carbocycles. The Kier molecular flexibility index (Phi) is 5.22. The minimum Gasteiger partial charge on any atom is -0.495 e. The molecule has 8 heteroatoms. The number of ether oxygens (including phenoxy) is 1. The van der Waals surface area contributed by atoms with Crippen molar-refractivity contribution in [3.63, 3.8) is 0 Å². The Labute approximate surface area is 182 Å². The van der Waals surface area contributed by atoms with E-state index in [1.165, 1.54) is 7.11 Å². The third kappa shape index (κ3) is 4.08. The van der Waals surface area contributed by atoms with Crippen LogP contribution < -0.4 is 9.46 Å². The highest BCUT2D eigenvalue weighted by atomic mass is 127. The SMILES string of the molecule is COc1ccc(-c2cn3ccc(C)cc3n2)cc1NS(=O)(=O)c1ccc(I)cc1. The molecule has 0 saturated carbocycles. The fraction of sp³-hybridized carbons (Fsp3) is 0.0952. The van der Waals surface area contributed by atoms with Crippen molar-refractivity contribution >= 4 is 43.9 Å². The van der Waals surface area contributed by atoms with Crippen LogP contribution in [-0.4, -0.2) is 24.9 Å². The number of sulfonamides is 1. The number of hydrogen-bond acceptors (Lipinski definition) is 4. The van der Waals surface area contributed by atoms with Crippen LogP contribution in [0.2, 0.25) is 0 Å². The zero-order valence-electron chi connectivity index (χ0n) is 15.8. The summed E-state index contributed by atoms with van der Waals surface area (Å²) in [6, 6.07) is 16.0. The molecule has 4 aromatic rings. The average Bonchev–Trinajstić information content (AvgIpc) is 3.11. The predicted molar refractivity (Wildman–Crippen MR) is 122 cm³/mol. The van der Waals surface area contributed by atoms with Crippen LogP contribution in [0.25, 0.3) is 16.9 Å².